The molecule has 15 heteroatoms. The molecule has 0 saturated heterocycles. The van der Waals surface area contributed by atoms with Crippen molar-refractivity contribution < 1.29 is 49.6 Å². The summed E-state index contributed by atoms with van der Waals surface area (Å²) < 4.78 is 97.0. The predicted molar refractivity (Wildman–Crippen MR) is 141 cm³/mol. The molecule has 2 aliphatic carbocycles. The molecule has 2 saturated carbocycles. The lowest BCUT2D eigenvalue weighted by Crippen LogP contribution is -2.36. The SMILES string of the molecule is C1CC1CC1CC1.CC(C)c1nocc1C(=O)NCC(=O)Nc1cc(C(F)(F)F)c(C(C)C(=O)NCC(F)(F)F)cc1F. The van der Waals surface area contributed by atoms with Gasteiger partial charge in [0.15, 0.2) is 0 Å². The Bertz CT molecular complexity index is 1290. The van der Waals surface area contributed by atoms with Crippen molar-refractivity contribution in [2.24, 2.45) is 11.8 Å². The third-order valence-electron chi connectivity index (χ3n) is 6.90. The zero-order valence-electron chi connectivity index (χ0n) is 23.7. The Morgan fingerprint density at radius 1 is 0.977 bits per heavy atom. The molecule has 1 heterocycles. The summed E-state index contributed by atoms with van der Waals surface area (Å²) in [5.74, 6) is -4.26. The molecule has 1 aromatic carbocycles. The highest BCUT2D eigenvalue weighted by atomic mass is 19.4. The number of alkyl halides is 6. The lowest BCUT2D eigenvalue weighted by molar-refractivity contribution is -0.141. The van der Waals surface area contributed by atoms with E-state index in [-0.39, 0.29) is 17.5 Å². The van der Waals surface area contributed by atoms with Crippen LogP contribution in [-0.2, 0) is 15.8 Å². The third kappa shape index (κ3) is 10.5. The summed E-state index contributed by atoms with van der Waals surface area (Å²) in [6, 6.07) is 0.524. The van der Waals surface area contributed by atoms with Crippen molar-refractivity contribution in [3.05, 3.63) is 46.6 Å². The summed E-state index contributed by atoms with van der Waals surface area (Å²) in [5.41, 5.74) is -3.05. The molecule has 2 fully saturated rings. The van der Waals surface area contributed by atoms with Crippen LogP contribution in [0.5, 0.6) is 0 Å². The number of hydrogen-bond donors (Lipinski definition) is 3. The van der Waals surface area contributed by atoms with Crippen LogP contribution in [0.1, 0.15) is 91.9 Å². The van der Waals surface area contributed by atoms with Gasteiger partial charge in [-0.25, -0.2) is 4.39 Å². The lowest BCUT2D eigenvalue weighted by atomic mass is 9.93. The first-order valence-electron chi connectivity index (χ1n) is 13.7. The maximum atomic E-state index is 14.5. The van der Waals surface area contributed by atoms with E-state index in [2.05, 4.69) is 10.5 Å². The Morgan fingerprint density at radius 3 is 2.09 bits per heavy atom. The van der Waals surface area contributed by atoms with Gasteiger partial charge in [-0.2, -0.15) is 26.3 Å². The molecule has 0 radical (unpaired) electrons. The van der Waals surface area contributed by atoms with E-state index < -0.39 is 71.7 Å². The molecule has 0 aliphatic heterocycles. The highest BCUT2D eigenvalue weighted by molar-refractivity contribution is 6.00. The number of benzene rings is 1. The fourth-order valence-electron chi connectivity index (χ4n) is 4.23. The average Bonchev–Trinajstić information content (AvgIpc) is 3.85. The molecule has 0 bridgehead atoms. The van der Waals surface area contributed by atoms with E-state index in [4.69, 9.17) is 4.52 Å². The van der Waals surface area contributed by atoms with Gasteiger partial charge in [0.1, 0.15) is 24.2 Å². The van der Waals surface area contributed by atoms with Gasteiger partial charge in [-0.3, -0.25) is 14.4 Å². The quantitative estimate of drug-likeness (QED) is 0.269. The van der Waals surface area contributed by atoms with Gasteiger partial charge in [-0.1, -0.05) is 44.7 Å². The summed E-state index contributed by atoms with van der Waals surface area (Å²) >= 11 is 0. The first kappa shape index (κ1) is 33.8. The van der Waals surface area contributed by atoms with Crippen LogP contribution in [0.25, 0.3) is 0 Å². The number of anilines is 1. The maximum Gasteiger partial charge on any atom is 0.416 e. The minimum absolute atomic E-state index is 0.0329. The van der Waals surface area contributed by atoms with E-state index in [1.807, 2.05) is 5.32 Å². The van der Waals surface area contributed by atoms with Gasteiger partial charge in [0, 0.05) is 0 Å². The molecule has 0 spiro atoms. The van der Waals surface area contributed by atoms with Crippen LogP contribution < -0.4 is 16.0 Å². The molecule has 43 heavy (non-hydrogen) atoms. The van der Waals surface area contributed by atoms with Gasteiger partial charge in [-0.05, 0) is 48.8 Å². The number of carbonyl (C=O) groups is 3. The van der Waals surface area contributed by atoms with Crippen LogP contribution in [0.2, 0.25) is 0 Å². The smallest absolute Gasteiger partial charge is 0.364 e. The number of nitrogens with zero attached hydrogens (tertiary/aromatic N) is 1. The van der Waals surface area contributed by atoms with Crippen LogP contribution in [-0.4, -0.2) is 42.1 Å². The standard InChI is InChI=1S/C21H21F7N4O4.C7H12/c1-9(2)17-12(7-36-32-17)19(35)29-6-16(33)31-15-5-13(21(26,27)28)11(4-14(15)22)10(3)18(34)30-8-20(23,24)25;1-2-6(1)5-7-3-4-7/h4-5,7,9-10H,6,8H2,1-3H3,(H,29,35)(H,30,34)(H,31,33);6-7H,1-5H2. The second kappa shape index (κ2) is 13.8. The minimum Gasteiger partial charge on any atom is -0.364 e. The lowest BCUT2D eigenvalue weighted by Gasteiger charge is -2.20. The first-order chi connectivity index (χ1) is 20.0. The number of carbonyl (C=O) groups excluding carboxylic acids is 3. The van der Waals surface area contributed by atoms with E-state index in [0.717, 1.165) is 13.2 Å². The van der Waals surface area contributed by atoms with Crippen LogP contribution in [0.3, 0.4) is 0 Å². The molecule has 2 aliphatic rings. The van der Waals surface area contributed by atoms with Gasteiger partial charge >= 0.3 is 12.4 Å². The van der Waals surface area contributed by atoms with Crippen molar-refractivity contribution in [3.63, 3.8) is 0 Å². The molecule has 3 amide bonds. The summed E-state index contributed by atoms with van der Waals surface area (Å²) in [5, 5.41) is 9.18. The Balaban J connectivity index is 0.000000620. The number of amides is 3. The van der Waals surface area contributed by atoms with Gasteiger partial charge in [0.05, 0.1) is 29.4 Å². The zero-order chi connectivity index (χ0) is 32.1. The Hall–Kier alpha value is -3.65. The van der Waals surface area contributed by atoms with Crippen molar-refractivity contribution in [1.29, 1.82) is 0 Å². The fourth-order valence-corrected chi connectivity index (χ4v) is 4.23. The van der Waals surface area contributed by atoms with E-state index in [1.165, 1.54) is 17.2 Å². The average molecular weight is 623 g/mol. The minimum atomic E-state index is -5.14. The topological polar surface area (TPSA) is 113 Å². The van der Waals surface area contributed by atoms with Gasteiger partial charge < -0.3 is 20.5 Å². The maximum absolute atomic E-state index is 14.5. The zero-order valence-corrected chi connectivity index (χ0v) is 23.7. The number of aromatic nitrogens is 1. The molecule has 1 aromatic heterocycles. The van der Waals surface area contributed by atoms with Crippen molar-refractivity contribution in [2.45, 2.75) is 77.1 Å². The third-order valence-corrected chi connectivity index (χ3v) is 6.90. The summed E-state index contributed by atoms with van der Waals surface area (Å²) in [7, 11) is 0. The second-order valence-corrected chi connectivity index (χ2v) is 11.1. The van der Waals surface area contributed by atoms with Crippen LogP contribution in [0.15, 0.2) is 22.9 Å². The normalized spacial score (nSPS) is 15.8. The highest BCUT2D eigenvalue weighted by Gasteiger charge is 2.38. The van der Waals surface area contributed by atoms with Gasteiger partial charge in [-0.15, -0.1) is 0 Å². The van der Waals surface area contributed by atoms with Crippen molar-refractivity contribution in [2.75, 3.05) is 18.4 Å². The molecule has 1 unspecified atom stereocenters. The summed E-state index contributed by atoms with van der Waals surface area (Å²) in [6.07, 6.45) is -1.11. The molecule has 3 N–H and O–H groups in total. The van der Waals surface area contributed by atoms with Crippen LogP contribution in [0.4, 0.5) is 36.4 Å². The van der Waals surface area contributed by atoms with E-state index in [0.29, 0.717) is 11.8 Å². The van der Waals surface area contributed by atoms with E-state index in [1.54, 1.807) is 46.0 Å². The molecular weight excluding hydrogens is 589 g/mol. The molecule has 2 aromatic rings. The Labute approximate surface area is 243 Å². The monoisotopic (exact) mass is 622 g/mol. The molecule has 1 atom stereocenters. The van der Waals surface area contributed by atoms with E-state index >= 15 is 0 Å². The van der Waals surface area contributed by atoms with Crippen LogP contribution >= 0.6 is 0 Å². The Morgan fingerprint density at radius 2 is 1.58 bits per heavy atom. The van der Waals surface area contributed by atoms with Gasteiger partial charge in [0.2, 0.25) is 11.8 Å². The van der Waals surface area contributed by atoms with Crippen LogP contribution in [0, 0.1) is 17.7 Å². The Kier molecular flexibility index (Phi) is 10.8. The van der Waals surface area contributed by atoms with Gasteiger partial charge in [0.25, 0.3) is 5.91 Å². The number of halogens is 7. The second-order valence-electron chi connectivity index (χ2n) is 11.1. The predicted octanol–water partition coefficient (Wildman–Crippen LogP) is 6.30. The number of rotatable bonds is 10. The van der Waals surface area contributed by atoms with Crippen molar-refractivity contribution in [1.82, 2.24) is 15.8 Å². The molecular formula is C28H33F7N4O4. The highest BCUT2D eigenvalue weighted by Crippen LogP contribution is 2.44. The van der Waals surface area contributed by atoms with E-state index in [9.17, 15) is 45.1 Å². The fraction of sp³-hybridized carbons (Fsp3) is 0.571. The molecule has 238 valence electrons. The largest absolute Gasteiger partial charge is 0.416 e. The molecule has 8 nitrogen and oxygen atoms in total. The summed E-state index contributed by atoms with van der Waals surface area (Å²) in [4.78, 5) is 36.3. The van der Waals surface area contributed by atoms with Crippen molar-refractivity contribution in [3.8, 4) is 0 Å². The first-order valence-corrected chi connectivity index (χ1v) is 13.7. The summed E-state index contributed by atoms with van der Waals surface area (Å²) in [6.45, 7) is 1.80. The molecule has 4 rings (SSSR count). The number of hydrogen-bond acceptors (Lipinski definition) is 5. The van der Waals surface area contributed by atoms with Crippen molar-refractivity contribution >= 4 is 23.4 Å². The number of nitrogens with one attached hydrogen (secondary N) is 3.